The molecule has 2 rings (SSSR count). The average Bonchev–Trinajstić information content (AvgIpc) is 2.63. The molecular formula is C19H29N3O3. The number of nitrogens with one attached hydrogen (secondary N) is 1. The van der Waals surface area contributed by atoms with Crippen LogP contribution < -0.4 is 5.32 Å². The number of piperidine rings is 1. The van der Waals surface area contributed by atoms with Crippen LogP contribution in [0.15, 0.2) is 11.8 Å². The van der Waals surface area contributed by atoms with E-state index in [1.807, 2.05) is 6.07 Å². The molecule has 0 aromatic heterocycles. The average molecular weight is 347 g/mol. The van der Waals surface area contributed by atoms with Crippen LogP contribution >= 0.6 is 0 Å². The minimum atomic E-state index is -0.249. The Morgan fingerprint density at radius 2 is 1.92 bits per heavy atom. The van der Waals surface area contributed by atoms with Crippen molar-refractivity contribution < 1.29 is 14.3 Å². The van der Waals surface area contributed by atoms with Crippen molar-refractivity contribution in [3.05, 3.63) is 11.8 Å². The Morgan fingerprint density at radius 3 is 2.52 bits per heavy atom. The minimum Gasteiger partial charge on any atom is -0.466 e. The number of hydrogen-bond acceptors (Lipinski definition) is 5. The van der Waals surface area contributed by atoms with Crippen LogP contribution in [0.4, 0.5) is 0 Å². The van der Waals surface area contributed by atoms with Crippen molar-refractivity contribution >= 4 is 11.9 Å². The number of likely N-dealkylation sites (tertiary alicyclic amines) is 1. The van der Waals surface area contributed by atoms with Gasteiger partial charge >= 0.3 is 5.97 Å². The van der Waals surface area contributed by atoms with E-state index in [0.717, 1.165) is 6.42 Å². The molecule has 138 valence electrons. The Morgan fingerprint density at radius 1 is 1.24 bits per heavy atom. The Labute approximate surface area is 150 Å². The van der Waals surface area contributed by atoms with Crippen LogP contribution in [0.3, 0.4) is 0 Å². The molecular weight excluding hydrogens is 318 g/mol. The van der Waals surface area contributed by atoms with Gasteiger partial charge in [0.05, 0.1) is 12.5 Å². The maximum Gasteiger partial charge on any atom is 0.309 e. The summed E-state index contributed by atoms with van der Waals surface area (Å²) < 4.78 is 5.05. The lowest BCUT2D eigenvalue weighted by Crippen LogP contribution is -2.41. The summed E-state index contributed by atoms with van der Waals surface area (Å²) >= 11 is 0. The van der Waals surface area contributed by atoms with E-state index >= 15 is 0 Å². The molecule has 0 aromatic rings. The monoisotopic (exact) mass is 347 g/mol. The normalized spacial score (nSPS) is 25.2. The fourth-order valence-corrected chi connectivity index (χ4v) is 3.64. The summed E-state index contributed by atoms with van der Waals surface area (Å²) in [5, 5.41) is 12.6. The molecule has 0 spiro atoms. The molecule has 1 N–H and O–H groups in total. The van der Waals surface area contributed by atoms with Gasteiger partial charge in [-0.05, 0) is 38.5 Å². The largest absolute Gasteiger partial charge is 0.466 e. The van der Waals surface area contributed by atoms with E-state index in [1.165, 1.54) is 19.3 Å². The summed E-state index contributed by atoms with van der Waals surface area (Å²) in [7, 11) is 0. The molecule has 0 aromatic carbocycles. The van der Waals surface area contributed by atoms with Crippen molar-refractivity contribution in [2.24, 2.45) is 11.8 Å². The standard InChI is InChI=1S/C19H29N3O3/c1-3-25-19(24)15-8-10-22(11-9-15)18(23)16(12-20)13-21-17-7-5-4-6-14(17)2/h13-15,17,21H,3-11H2,1-2H3/b16-13-. The van der Waals surface area contributed by atoms with Crippen molar-refractivity contribution in [1.29, 1.82) is 5.26 Å². The lowest BCUT2D eigenvalue weighted by Gasteiger charge is -2.31. The van der Waals surface area contributed by atoms with Gasteiger partial charge in [-0.1, -0.05) is 19.8 Å². The van der Waals surface area contributed by atoms with Crippen molar-refractivity contribution in [1.82, 2.24) is 10.2 Å². The van der Waals surface area contributed by atoms with Crippen LogP contribution in [-0.4, -0.2) is 42.5 Å². The number of rotatable bonds is 5. The zero-order valence-corrected chi connectivity index (χ0v) is 15.3. The topological polar surface area (TPSA) is 82.4 Å². The maximum absolute atomic E-state index is 12.6. The van der Waals surface area contributed by atoms with Crippen LogP contribution in [-0.2, 0) is 14.3 Å². The van der Waals surface area contributed by atoms with Gasteiger partial charge in [0.1, 0.15) is 11.6 Å². The quantitative estimate of drug-likeness (QED) is 0.469. The van der Waals surface area contributed by atoms with E-state index in [9.17, 15) is 14.9 Å². The van der Waals surface area contributed by atoms with Crippen LogP contribution in [0.25, 0.3) is 0 Å². The summed E-state index contributed by atoms with van der Waals surface area (Å²) in [6.45, 7) is 5.35. The second-order valence-corrected chi connectivity index (χ2v) is 7.02. The summed E-state index contributed by atoms with van der Waals surface area (Å²) in [6.07, 6.45) is 7.48. The van der Waals surface area contributed by atoms with E-state index in [4.69, 9.17) is 4.74 Å². The molecule has 1 amide bonds. The lowest BCUT2D eigenvalue weighted by molar-refractivity contribution is -0.150. The second-order valence-electron chi connectivity index (χ2n) is 7.02. The first-order valence-corrected chi connectivity index (χ1v) is 9.39. The molecule has 0 bridgehead atoms. The van der Waals surface area contributed by atoms with Gasteiger partial charge in [0, 0.05) is 25.3 Å². The third-order valence-corrected chi connectivity index (χ3v) is 5.31. The molecule has 2 aliphatic rings. The third-order valence-electron chi connectivity index (χ3n) is 5.31. The molecule has 2 unspecified atom stereocenters. The van der Waals surface area contributed by atoms with Crippen molar-refractivity contribution in [2.45, 2.75) is 58.4 Å². The van der Waals surface area contributed by atoms with Gasteiger partial charge in [-0.2, -0.15) is 5.26 Å². The van der Waals surface area contributed by atoms with Crippen LogP contribution in [0.1, 0.15) is 52.4 Å². The molecule has 1 saturated heterocycles. The fourth-order valence-electron chi connectivity index (χ4n) is 3.64. The molecule has 1 heterocycles. The van der Waals surface area contributed by atoms with Gasteiger partial charge in [-0.15, -0.1) is 0 Å². The smallest absolute Gasteiger partial charge is 0.309 e. The number of amides is 1. The molecule has 1 saturated carbocycles. The van der Waals surface area contributed by atoms with Gasteiger partial charge in [-0.3, -0.25) is 9.59 Å². The first-order valence-electron chi connectivity index (χ1n) is 9.39. The van der Waals surface area contributed by atoms with Gasteiger partial charge in [0.15, 0.2) is 0 Å². The fraction of sp³-hybridized carbons (Fsp3) is 0.737. The van der Waals surface area contributed by atoms with Crippen LogP contribution in [0.5, 0.6) is 0 Å². The van der Waals surface area contributed by atoms with E-state index in [-0.39, 0.29) is 23.4 Å². The minimum absolute atomic E-state index is 0.139. The Hall–Kier alpha value is -2.03. The highest BCUT2D eigenvalue weighted by atomic mass is 16.5. The first kappa shape index (κ1) is 19.3. The summed E-state index contributed by atoms with van der Waals surface area (Å²) in [4.78, 5) is 26.0. The molecule has 2 atom stereocenters. The van der Waals surface area contributed by atoms with Crippen molar-refractivity contribution in [3.8, 4) is 6.07 Å². The molecule has 1 aliphatic heterocycles. The second kappa shape index (κ2) is 9.45. The highest BCUT2D eigenvalue weighted by Crippen LogP contribution is 2.24. The number of carbonyl (C=O) groups is 2. The molecule has 25 heavy (non-hydrogen) atoms. The number of carbonyl (C=O) groups excluding carboxylic acids is 2. The molecule has 1 aliphatic carbocycles. The number of nitriles is 1. The molecule has 6 heteroatoms. The number of nitrogens with zero attached hydrogens (tertiary/aromatic N) is 2. The highest BCUT2D eigenvalue weighted by Gasteiger charge is 2.29. The third kappa shape index (κ3) is 5.22. The Kier molecular flexibility index (Phi) is 7.30. The van der Waals surface area contributed by atoms with E-state index < -0.39 is 0 Å². The van der Waals surface area contributed by atoms with E-state index in [2.05, 4.69) is 12.2 Å². The van der Waals surface area contributed by atoms with Gasteiger partial charge in [0.2, 0.25) is 0 Å². The van der Waals surface area contributed by atoms with Gasteiger partial charge < -0.3 is 15.0 Å². The predicted octanol–water partition coefficient (Wildman–Crippen LogP) is 2.36. The van der Waals surface area contributed by atoms with Crippen LogP contribution in [0, 0.1) is 23.2 Å². The number of ether oxygens (including phenoxy) is 1. The summed E-state index contributed by atoms with van der Waals surface area (Å²) in [5.41, 5.74) is 0.146. The van der Waals surface area contributed by atoms with Gasteiger partial charge in [0.25, 0.3) is 5.91 Å². The Bertz CT molecular complexity index is 545. The van der Waals surface area contributed by atoms with E-state index in [1.54, 1.807) is 18.0 Å². The lowest BCUT2D eigenvalue weighted by atomic mass is 9.86. The Balaban J connectivity index is 1.88. The number of hydrogen-bond donors (Lipinski definition) is 1. The zero-order chi connectivity index (χ0) is 18.2. The summed E-state index contributed by atoms with van der Waals surface area (Å²) in [6, 6.07) is 2.36. The number of esters is 1. The van der Waals surface area contributed by atoms with Gasteiger partial charge in [-0.25, -0.2) is 0 Å². The SMILES string of the molecule is CCOC(=O)C1CCN(C(=O)/C(C#N)=C\NC2CCCCC2C)CC1. The summed E-state index contributed by atoms with van der Waals surface area (Å²) in [5.74, 6) is -0.0144. The first-order chi connectivity index (χ1) is 12.1. The molecule has 2 fully saturated rings. The van der Waals surface area contributed by atoms with Crippen molar-refractivity contribution in [2.75, 3.05) is 19.7 Å². The molecule has 0 radical (unpaired) electrons. The zero-order valence-electron chi connectivity index (χ0n) is 15.3. The van der Waals surface area contributed by atoms with Crippen LogP contribution in [0.2, 0.25) is 0 Å². The predicted molar refractivity (Wildman–Crippen MR) is 94.2 cm³/mol. The maximum atomic E-state index is 12.6. The van der Waals surface area contributed by atoms with Crippen molar-refractivity contribution in [3.63, 3.8) is 0 Å². The molecule has 6 nitrogen and oxygen atoms in total. The van der Waals surface area contributed by atoms with E-state index in [0.29, 0.717) is 44.5 Å². The highest BCUT2D eigenvalue weighted by molar-refractivity contribution is 5.97.